The number of aliphatic hydroxyl groups is 1. The molecule has 41 heavy (non-hydrogen) atoms. The van der Waals surface area contributed by atoms with Crippen molar-refractivity contribution in [1.29, 1.82) is 0 Å². The Morgan fingerprint density at radius 2 is 1.71 bits per heavy atom. The molecular weight excluding hydrogens is 522 g/mol. The Bertz CT molecular complexity index is 947. The van der Waals surface area contributed by atoms with Gasteiger partial charge in [-0.15, -0.1) is 0 Å². The Hall–Kier alpha value is -2.36. The Morgan fingerprint density at radius 3 is 2.27 bits per heavy atom. The molecule has 0 unspecified atom stereocenters. The predicted octanol–water partition coefficient (Wildman–Crippen LogP) is 3.83. The average Bonchev–Trinajstić information content (AvgIpc) is 3.42. The molecule has 1 aliphatic carbocycles. The fourth-order valence-electron chi connectivity index (χ4n) is 5.81. The van der Waals surface area contributed by atoms with E-state index >= 15 is 0 Å². The quantitative estimate of drug-likeness (QED) is 0.183. The van der Waals surface area contributed by atoms with Gasteiger partial charge in [-0.25, -0.2) is 0 Å². The van der Waals surface area contributed by atoms with Crippen molar-refractivity contribution in [2.24, 2.45) is 40.6 Å². The zero-order valence-corrected chi connectivity index (χ0v) is 26.1. The third kappa shape index (κ3) is 10.5. The summed E-state index contributed by atoms with van der Waals surface area (Å²) < 4.78 is 16.5. The maximum Gasteiger partial charge on any atom is 0.225 e. The molecule has 0 bridgehead atoms. The van der Waals surface area contributed by atoms with Crippen molar-refractivity contribution in [2.45, 2.75) is 91.2 Å². The highest BCUT2D eigenvalue weighted by atomic mass is 16.5. The molecule has 0 radical (unpaired) electrons. The normalized spacial score (nSPS) is 17.7. The Balaban J connectivity index is 2.02. The van der Waals surface area contributed by atoms with Crippen molar-refractivity contribution in [3.63, 3.8) is 0 Å². The lowest BCUT2D eigenvalue weighted by atomic mass is 9.80. The number of nitrogens with two attached hydrogens (primary N) is 2. The summed E-state index contributed by atoms with van der Waals surface area (Å²) in [6.07, 6.45) is 4.90. The molecule has 1 saturated carbocycles. The summed E-state index contributed by atoms with van der Waals surface area (Å²) in [4.78, 5) is 25.3. The molecule has 2 rings (SSSR count). The van der Waals surface area contributed by atoms with Gasteiger partial charge in [0.2, 0.25) is 11.8 Å². The molecule has 0 heterocycles. The van der Waals surface area contributed by atoms with E-state index in [1.807, 2.05) is 32.0 Å². The first-order chi connectivity index (χ1) is 19.4. The highest BCUT2D eigenvalue weighted by Crippen LogP contribution is 2.37. The van der Waals surface area contributed by atoms with Gasteiger partial charge in [0.05, 0.1) is 25.2 Å². The monoisotopic (exact) mass is 577 g/mol. The van der Waals surface area contributed by atoms with Crippen LogP contribution in [-0.2, 0) is 20.7 Å². The fourth-order valence-corrected chi connectivity index (χ4v) is 5.81. The number of nitrogens with one attached hydrogen (secondary N) is 1. The summed E-state index contributed by atoms with van der Waals surface area (Å²) in [6, 6.07) is 5.50. The first-order valence-electron chi connectivity index (χ1n) is 15.2. The molecular formula is C32H55N3O6. The Kier molecular flexibility index (Phi) is 14.4. The van der Waals surface area contributed by atoms with E-state index < -0.39 is 23.5 Å². The minimum Gasteiger partial charge on any atom is -0.493 e. The number of amides is 2. The van der Waals surface area contributed by atoms with E-state index in [-0.39, 0.29) is 36.6 Å². The van der Waals surface area contributed by atoms with E-state index in [0.717, 1.165) is 31.2 Å². The largest absolute Gasteiger partial charge is 0.493 e. The van der Waals surface area contributed by atoms with Crippen LogP contribution in [-0.4, -0.2) is 63.0 Å². The van der Waals surface area contributed by atoms with Crippen molar-refractivity contribution < 1.29 is 28.9 Å². The topological polar surface area (TPSA) is 146 Å². The van der Waals surface area contributed by atoms with E-state index in [1.165, 1.54) is 0 Å². The summed E-state index contributed by atoms with van der Waals surface area (Å²) in [5.74, 6) is 1.03. The molecule has 4 atom stereocenters. The fraction of sp³-hybridized carbons (Fsp3) is 0.750. The van der Waals surface area contributed by atoms with Gasteiger partial charge in [-0.1, -0.05) is 46.6 Å². The number of benzene rings is 1. The van der Waals surface area contributed by atoms with Gasteiger partial charge in [-0.05, 0) is 67.6 Å². The number of carbonyl (C=O) groups excluding carboxylic acids is 2. The lowest BCUT2D eigenvalue weighted by Crippen LogP contribution is -2.48. The zero-order valence-electron chi connectivity index (χ0n) is 26.1. The van der Waals surface area contributed by atoms with Gasteiger partial charge >= 0.3 is 0 Å². The molecule has 9 heteroatoms. The lowest BCUT2D eigenvalue weighted by Gasteiger charge is -2.31. The number of methoxy groups -OCH3 is 2. The number of aliphatic hydroxyl groups excluding tert-OH is 1. The van der Waals surface area contributed by atoms with Crippen LogP contribution in [0.1, 0.15) is 78.2 Å². The minimum absolute atomic E-state index is 0.00691. The standard InChI is InChI=1S/C32H55N3O6/c1-21(2)24(16-23-10-11-28(40-6)29(17-23)41-15-9-14-39-5)18-26(33)27(36)19-25(22(3)4)30(37)35-20-32(31(34)38)12-7-8-13-32/h10-11,17,21-22,24-27,36H,7-9,12-16,18-20,33H2,1-6H3,(H2,34,38)(H,35,37)/t24-,25-,26-,27-/m0/s1. The van der Waals surface area contributed by atoms with Crippen LogP contribution >= 0.6 is 0 Å². The van der Waals surface area contributed by atoms with Gasteiger partial charge in [-0.2, -0.15) is 0 Å². The number of hydrogen-bond donors (Lipinski definition) is 4. The maximum absolute atomic E-state index is 13.2. The van der Waals surface area contributed by atoms with Crippen LogP contribution in [0.25, 0.3) is 0 Å². The molecule has 0 saturated heterocycles. The summed E-state index contributed by atoms with van der Waals surface area (Å²) in [5.41, 5.74) is 12.7. The van der Waals surface area contributed by atoms with Crippen LogP contribution in [0.15, 0.2) is 18.2 Å². The zero-order chi connectivity index (χ0) is 30.6. The van der Waals surface area contributed by atoms with Crippen molar-refractivity contribution >= 4 is 11.8 Å². The number of carbonyl (C=O) groups is 2. The van der Waals surface area contributed by atoms with E-state index in [0.29, 0.717) is 49.9 Å². The van der Waals surface area contributed by atoms with Crippen LogP contribution in [0, 0.1) is 29.1 Å². The summed E-state index contributed by atoms with van der Waals surface area (Å²) in [6.45, 7) is 9.68. The second-order valence-electron chi connectivity index (χ2n) is 12.5. The van der Waals surface area contributed by atoms with Crippen molar-refractivity contribution in [1.82, 2.24) is 5.32 Å². The third-order valence-electron chi connectivity index (χ3n) is 8.81. The summed E-state index contributed by atoms with van der Waals surface area (Å²) >= 11 is 0. The molecule has 9 nitrogen and oxygen atoms in total. The Morgan fingerprint density at radius 1 is 1.02 bits per heavy atom. The number of rotatable bonds is 19. The van der Waals surface area contributed by atoms with Crippen molar-refractivity contribution in [2.75, 3.05) is 34.0 Å². The number of ether oxygens (including phenoxy) is 3. The van der Waals surface area contributed by atoms with Crippen LogP contribution in [0.5, 0.6) is 11.5 Å². The van der Waals surface area contributed by atoms with Crippen LogP contribution < -0.4 is 26.3 Å². The average molecular weight is 578 g/mol. The van der Waals surface area contributed by atoms with E-state index in [4.69, 9.17) is 25.7 Å². The molecule has 1 aliphatic rings. The van der Waals surface area contributed by atoms with Gasteiger partial charge in [0.15, 0.2) is 11.5 Å². The minimum atomic E-state index is -0.832. The summed E-state index contributed by atoms with van der Waals surface area (Å²) in [5, 5.41) is 14.1. The molecule has 2 amide bonds. The maximum atomic E-state index is 13.2. The highest BCUT2D eigenvalue weighted by molar-refractivity contribution is 5.83. The number of primary amides is 1. The lowest BCUT2D eigenvalue weighted by molar-refractivity contribution is -0.130. The first-order valence-corrected chi connectivity index (χ1v) is 15.2. The number of hydrogen-bond acceptors (Lipinski definition) is 7. The smallest absolute Gasteiger partial charge is 0.225 e. The van der Waals surface area contributed by atoms with E-state index in [1.54, 1.807) is 14.2 Å². The van der Waals surface area contributed by atoms with Gasteiger partial charge in [0.25, 0.3) is 0 Å². The molecule has 234 valence electrons. The van der Waals surface area contributed by atoms with Crippen molar-refractivity contribution in [3.05, 3.63) is 23.8 Å². The second-order valence-corrected chi connectivity index (χ2v) is 12.5. The first kappa shape index (κ1) is 34.8. The highest BCUT2D eigenvalue weighted by Gasteiger charge is 2.40. The Labute approximate surface area is 247 Å². The van der Waals surface area contributed by atoms with E-state index in [2.05, 4.69) is 19.2 Å². The molecule has 0 aliphatic heterocycles. The molecule has 1 aromatic rings. The molecule has 1 fully saturated rings. The van der Waals surface area contributed by atoms with Gasteiger partial charge in [0, 0.05) is 38.6 Å². The van der Waals surface area contributed by atoms with Gasteiger partial charge < -0.3 is 36.1 Å². The molecule has 0 spiro atoms. The predicted molar refractivity (Wildman–Crippen MR) is 162 cm³/mol. The molecule has 6 N–H and O–H groups in total. The van der Waals surface area contributed by atoms with Crippen LogP contribution in [0.2, 0.25) is 0 Å². The van der Waals surface area contributed by atoms with Crippen LogP contribution in [0.3, 0.4) is 0 Å². The third-order valence-corrected chi connectivity index (χ3v) is 8.81. The summed E-state index contributed by atoms with van der Waals surface area (Å²) in [7, 11) is 3.30. The second kappa shape index (κ2) is 16.9. The molecule has 0 aromatic heterocycles. The van der Waals surface area contributed by atoms with Crippen molar-refractivity contribution in [3.8, 4) is 11.5 Å². The SMILES string of the molecule is COCCCOc1cc(C[C@@H](C[C@H](N)[C@@H](O)C[C@H](C(=O)NCC2(C(N)=O)CCCC2)C(C)C)C(C)C)ccc1OC. The molecule has 1 aromatic carbocycles. The van der Waals surface area contributed by atoms with Crippen LogP contribution in [0.4, 0.5) is 0 Å². The van der Waals surface area contributed by atoms with Gasteiger partial charge in [-0.3, -0.25) is 9.59 Å². The van der Waals surface area contributed by atoms with E-state index in [9.17, 15) is 14.7 Å². The van der Waals surface area contributed by atoms with Gasteiger partial charge in [0.1, 0.15) is 0 Å².